The molecule has 0 radical (unpaired) electrons. The number of nitrogens with zero attached hydrogens (tertiary/aromatic N) is 2. The zero-order valence-electron chi connectivity index (χ0n) is 18.2. The van der Waals surface area contributed by atoms with E-state index in [1.807, 2.05) is 37.3 Å². The fourth-order valence-electron chi connectivity index (χ4n) is 3.41. The number of amides is 1. The van der Waals surface area contributed by atoms with E-state index in [1.54, 1.807) is 18.2 Å². The lowest BCUT2D eigenvalue weighted by Gasteiger charge is -2.18. The maximum atomic E-state index is 12.5. The highest BCUT2D eigenvalue weighted by atomic mass is 32.2. The van der Waals surface area contributed by atoms with Crippen LogP contribution in [0.25, 0.3) is 21.1 Å². The molecule has 2 aromatic heterocycles. The Morgan fingerprint density at radius 2 is 1.88 bits per heavy atom. The Labute approximate surface area is 203 Å². The molecule has 1 aliphatic rings. The molecule has 1 amide bonds. The van der Waals surface area contributed by atoms with E-state index in [0.29, 0.717) is 41.3 Å². The van der Waals surface area contributed by atoms with Gasteiger partial charge in [-0.05, 0) is 19.1 Å². The number of ether oxygens (including phenoxy) is 2. The van der Waals surface area contributed by atoms with Crippen LogP contribution in [0.15, 0.2) is 64.5 Å². The lowest BCUT2D eigenvalue weighted by Crippen LogP contribution is -2.17. The van der Waals surface area contributed by atoms with Gasteiger partial charge in [0.05, 0.1) is 22.0 Å². The van der Waals surface area contributed by atoms with Gasteiger partial charge in [0, 0.05) is 23.4 Å². The quantitative estimate of drug-likeness (QED) is 0.304. The largest absolute Gasteiger partial charge is 0.486 e. The minimum Gasteiger partial charge on any atom is -0.486 e. The molecular formula is C24H20N4O4S2. The van der Waals surface area contributed by atoms with E-state index in [0.717, 1.165) is 32.9 Å². The van der Waals surface area contributed by atoms with Crippen LogP contribution in [0, 0.1) is 6.92 Å². The number of benzene rings is 2. The Morgan fingerprint density at radius 1 is 1.09 bits per heavy atom. The Balaban J connectivity index is 1.29. The van der Waals surface area contributed by atoms with Gasteiger partial charge in [0.25, 0.3) is 5.56 Å². The summed E-state index contributed by atoms with van der Waals surface area (Å²) in [5.74, 6) is 1.11. The van der Waals surface area contributed by atoms with E-state index in [4.69, 9.17) is 9.47 Å². The number of carbonyl (C=O) groups excluding carboxylic acids is 1. The normalized spacial score (nSPS) is 12.4. The first-order valence-corrected chi connectivity index (χ1v) is 12.3. The average molecular weight is 493 g/mol. The summed E-state index contributed by atoms with van der Waals surface area (Å²) in [5, 5.41) is 4.06. The Bertz CT molecular complexity index is 1400. The van der Waals surface area contributed by atoms with Crippen molar-refractivity contribution in [2.45, 2.75) is 12.1 Å². The third kappa shape index (κ3) is 4.97. The molecule has 2 N–H and O–H groups in total. The zero-order valence-corrected chi connectivity index (χ0v) is 19.8. The number of hydrogen-bond acceptors (Lipinski definition) is 8. The molecule has 0 aliphatic carbocycles. The van der Waals surface area contributed by atoms with Gasteiger partial charge in [-0.1, -0.05) is 42.1 Å². The molecule has 2 aromatic carbocycles. The third-order valence-electron chi connectivity index (χ3n) is 4.94. The SMILES string of the molecule is Cc1nc(-c2ccccc2)sc1-c1cc(=O)[nH]c(SCC(=O)Nc2ccc3c(c2)OCCO3)n1. The van der Waals surface area contributed by atoms with Gasteiger partial charge in [0.2, 0.25) is 5.91 Å². The Kier molecular flexibility index (Phi) is 6.33. The summed E-state index contributed by atoms with van der Waals surface area (Å²) in [6.07, 6.45) is 0. The maximum absolute atomic E-state index is 12.5. The minimum absolute atomic E-state index is 0.0811. The molecule has 0 saturated carbocycles. The van der Waals surface area contributed by atoms with Gasteiger partial charge in [-0.2, -0.15) is 0 Å². The second-order valence-electron chi connectivity index (χ2n) is 7.43. The van der Waals surface area contributed by atoms with E-state index >= 15 is 0 Å². The number of aryl methyl sites for hydroxylation is 1. The summed E-state index contributed by atoms with van der Waals surface area (Å²) in [6, 6.07) is 16.6. The van der Waals surface area contributed by atoms with Crippen LogP contribution in [0.1, 0.15) is 5.69 Å². The highest BCUT2D eigenvalue weighted by molar-refractivity contribution is 7.99. The second-order valence-corrected chi connectivity index (χ2v) is 9.39. The maximum Gasteiger partial charge on any atom is 0.252 e. The molecular weight excluding hydrogens is 472 g/mol. The summed E-state index contributed by atoms with van der Waals surface area (Å²) in [5.41, 5.74) is 2.68. The van der Waals surface area contributed by atoms with Crippen molar-refractivity contribution < 1.29 is 14.3 Å². The van der Waals surface area contributed by atoms with Crippen molar-refractivity contribution in [3.8, 4) is 32.6 Å². The molecule has 0 bridgehead atoms. The molecule has 0 spiro atoms. The number of carbonyl (C=O) groups is 1. The monoisotopic (exact) mass is 492 g/mol. The van der Waals surface area contributed by atoms with Gasteiger partial charge < -0.3 is 19.8 Å². The molecule has 0 fully saturated rings. The van der Waals surface area contributed by atoms with Crippen LogP contribution < -0.4 is 20.3 Å². The fraction of sp³-hybridized carbons (Fsp3) is 0.167. The Hall–Kier alpha value is -3.63. The van der Waals surface area contributed by atoms with E-state index in [1.165, 1.54) is 17.4 Å². The standard InChI is InChI=1S/C24H20N4O4S2/c1-14-22(34-23(25-14)15-5-3-2-4-6-15)17-12-20(29)28-24(27-17)33-13-21(30)26-16-7-8-18-19(11-16)32-10-9-31-18/h2-8,11-12H,9-10,13H2,1H3,(H,26,30)(H,27,28,29). The minimum atomic E-state index is -0.284. The van der Waals surface area contributed by atoms with E-state index < -0.39 is 0 Å². The van der Waals surface area contributed by atoms with Crippen LogP contribution in [0.2, 0.25) is 0 Å². The number of fused-ring (bicyclic) bond motifs is 1. The van der Waals surface area contributed by atoms with Crippen LogP contribution in [-0.4, -0.2) is 39.8 Å². The van der Waals surface area contributed by atoms with E-state index in [2.05, 4.69) is 20.3 Å². The first-order valence-electron chi connectivity index (χ1n) is 10.5. The number of hydrogen-bond donors (Lipinski definition) is 2. The van der Waals surface area contributed by atoms with Crippen molar-refractivity contribution in [2.75, 3.05) is 24.3 Å². The van der Waals surface area contributed by atoms with E-state index in [-0.39, 0.29) is 17.2 Å². The van der Waals surface area contributed by atoms with Gasteiger partial charge in [0.15, 0.2) is 16.7 Å². The summed E-state index contributed by atoms with van der Waals surface area (Å²) in [4.78, 5) is 37.5. The topological polar surface area (TPSA) is 106 Å². The van der Waals surface area contributed by atoms with Crippen molar-refractivity contribution in [1.29, 1.82) is 0 Å². The number of anilines is 1. The second kappa shape index (κ2) is 9.70. The summed E-state index contributed by atoms with van der Waals surface area (Å²) in [6.45, 7) is 2.88. The molecule has 172 valence electrons. The number of rotatable bonds is 6. The predicted octanol–water partition coefficient (Wildman–Crippen LogP) is 4.37. The van der Waals surface area contributed by atoms with Crippen molar-refractivity contribution in [3.63, 3.8) is 0 Å². The highest BCUT2D eigenvalue weighted by Gasteiger charge is 2.16. The molecule has 5 rings (SSSR count). The number of thioether (sulfide) groups is 1. The molecule has 8 nitrogen and oxygen atoms in total. The number of H-pyrrole nitrogens is 1. The lowest BCUT2D eigenvalue weighted by atomic mass is 10.2. The summed E-state index contributed by atoms with van der Waals surface area (Å²) >= 11 is 2.64. The van der Waals surface area contributed by atoms with Crippen LogP contribution in [0.5, 0.6) is 11.5 Å². The van der Waals surface area contributed by atoms with E-state index in [9.17, 15) is 9.59 Å². The number of aromatic amines is 1. The molecule has 1 aliphatic heterocycles. The molecule has 0 saturated heterocycles. The summed E-state index contributed by atoms with van der Waals surface area (Å²) in [7, 11) is 0. The predicted molar refractivity (Wildman–Crippen MR) is 133 cm³/mol. The lowest BCUT2D eigenvalue weighted by molar-refractivity contribution is -0.113. The van der Waals surface area contributed by atoms with Gasteiger partial charge >= 0.3 is 0 Å². The molecule has 0 unspecified atom stereocenters. The van der Waals surface area contributed by atoms with Crippen molar-refractivity contribution in [3.05, 3.63) is 70.6 Å². The van der Waals surface area contributed by atoms with Crippen LogP contribution in [0.3, 0.4) is 0 Å². The molecule has 10 heteroatoms. The first kappa shape index (κ1) is 22.2. The van der Waals surface area contributed by atoms with Crippen LogP contribution in [-0.2, 0) is 4.79 Å². The van der Waals surface area contributed by atoms with Crippen LogP contribution >= 0.6 is 23.1 Å². The van der Waals surface area contributed by atoms with Crippen LogP contribution in [0.4, 0.5) is 5.69 Å². The molecule has 0 atom stereocenters. The highest BCUT2D eigenvalue weighted by Crippen LogP contribution is 2.35. The Morgan fingerprint density at radius 3 is 2.71 bits per heavy atom. The van der Waals surface area contributed by atoms with Crippen molar-refractivity contribution >= 4 is 34.7 Å². The first-order chi connectivity index (χ1) is 16.5. The van der Waals surface area contributed by atoms with Crippen molar-refractivity contribution in [1.82, 2.24) is 15.0 Å². The molecule has 3 heterocycles. The average Bonchev–Trinajstić information content (AvgIpc) is 3.24. The van der Waals surface area contributed by atoms with Gasteiger partial charge in [-0.25, -0.2) is 9.97 Å². The third-order valence-corrected chi connectivity index (χ3v) is 7.04. The van der Waals surface area contributed by atoms with Crippen molar-refractivity contribution in [2.24, 2.45) is 0 Å². The molecule has 4 aromatic rings. The zero-order chi connectivity index (χ0) is 23.5. The fourth-order valence-corrected chi connectivity index (χ4v) is 5.12. The number of aromatic nitrogens is 3. The number of thiazole rings is 1. The summed E-state index contributed by atoms with van der Waals surface area (Å²) < 4.78 is 11.0. The smallest absolute Gasteiger partial charge is 0.252 e. The van der Waals surface area contributed by atoms with Gasteiger partial charge in [-0.3, -0.25) is 9.59 Å². The van der Waals surface area contributed by atoms with Gasteiger partial charge in [-0.15, -0.1) is 11.3 Å². The molecule has 34 heavy (non-hydrogen) atoms. The van der Waals surface area contributed by atoms with Gasteiger partial charge in [0.1, 0.15) is 18.2 Å². The number of nitrogens with one attached hydrogen (secondary N) is 2.